The van der Waals surface area contributed by atoms with Gasteiger partial charge in [0.15, 0.2) is 0 Å². The molecule has 6 heteroatoms. The molecular formula is C22H21NO3S2. The molecule has 0 aromatic heterocycles. The van der Waals surface area contributed by atoms with E-state index in [0.717, 1.165) is 36.3 Å². The Kier molecular flexibility index (Phi) is 6.10. The summed E-state index contributed by atoms with van der Waals surface area (Å²) in [5.41, 5.74) is 2.03. The van der Waals surface area contributed by atoms with Gasteiger partial charge in [0.1, 0.15) is 16.7 Å². The third kappa shape index (κ3) is 4.63. The van der Waals surface area contributed by atoms with E-state index in [9.17, 15) is 4.79 Å². The predicted octanol–water partition coefficient (Wildman–Crippen LogP) is 4.65. The zero-order chi connectivity index (χ0) is 19.3. The van der Waals surface area contributed by atoms with Gasteiger partial charge in [-0.05, 0) is 42.2 Å². The molecule has 1 amide bonds. The number of rotatable bonds is 6. The second-order valence-electron chi connectivity index (χ2n) is 6.77. The molecule has 2 saturated heterocycles. The molecule has 1 atom stereocenters. The van der Waals surface area contributed by atoms with Gasteiger partial charge in [0.25, 0.3) is 5.91 Å². The van der Waals surface area contributed by atoms with Crippen LogP contribution in [0, 0.1) is 0 Å². The molecule has 0 spiro atoms. The highest BCUT2D eigenvalue weighted by Gasteiger charge is 2.34. The van der Waals surface area contributed by atoms with E-state index in [2.05, 4.69) is 0 Å². The summed E-state index contributed by atoms with van der Waals surface area (Å²) in [4.78, 5) is 15.1. The molecule has 2 aromatic rings. The van der Waals surface area contributed by atoms with Crippen LogP contribution in [-0.4, -0.2) is 34.4 Å². The molecule has 2 aliphatic heterocycles. The molecule has 1 unspecified atom stereocenters. The van der Waals surface area contributed by atoms with Crippen LogP contribution in [0.15, 0.2) is 59.5 Å². The number of hydrogen-bond donors (Lipinski definition) is 0. The van der Waals surface area contributed by atoms with Crippen LogP contribution in [0.3, 0.4) is 0 Å². The zero-order valence-electron chi connectivity index (χ0n) is 15.4. The van der Waals surface area contributed by atoms with Crippen molar-refractivity contribution in [3.8, 4) is 5.75 Å². The number of amides is 1. The average molecular weight is 412 g/mol. The Bertz CT molecular complexity index is 892. The second kappa shape index (κ2) is 8.90. The molecule has 0 saturated carbocycles. The standard InChI is InChI=1S/C22H21NO3S2/c24-21-20(28-22(27)23(21)14-19-10-5-11-25-19)13-17-8-4-9-18(12-17)26-15-16-6-2-1-3-7-16/h1-4,6-9,12-13,19H,5,10-11,14-15H2/b20-13-. The highest BCUT2D eigenvalue weighted by atomic mass is 32.2. The summed E-state index contributed by atoms with van der Waals surface area (Å²) in [6.07, 6.45) is 4.00. The highest BCUT2D eigenvalue weighted by Crippen LogP contribution is 2.34. The number of benzene rings is 2. The molecule has 144 valence electrons. The first-order chi connectivity index (χ1) is 13.7. The minimum atomic E-state index is -0.0406. The van der Waals surface area contributed by atoms with Gasteiger partial charge in [-0.15, -0.1) is 0 Å². The molecule has 0 aliphatic carbocycles. The van der Waals surface area contributed by atoms with Crippen molar-refractivity contribution < 1.29 is 14.3 Å². The van der Waals surface area contributed by atoms with Gasteiger partial charge >= 0.3 is 0 Å². The molecule has 2 heterocycles. The van der Waals surface area contributed by atoms with E-state index in [4.69, 9.17) is 21.7 Å². The lowest BCUT2D eigenvalue weighted by atomic mass is 10.2. The maximum atomic E-state index is 12.8. The van der Waals surface area contributed by atoms with Crippen LogP contribution in [0.4, 0.5) is 0 Å². The number of hydrogen-bond acceptors (Lipinski definition) is 5. The van der Waals surface area contributed by atoms with Gasteiger partial charge in [0.05, 0.1) is 17.6 Å². The number of nitrogens with zero attached hydrogens (tertiary/aromatic N) is 1. The SMILES string of the molecule is O=C1/C(=C/c2cccc(OCc3ccccc3)c2)SC(=S)N1CC1CCCO1. The molecule has 2 aromatic carbocycles. The summed E-state index contributed by atoms with van der Waals surface area (Å²) in [5.74, 6) is 0.730. The third-order valence-electron chi connectivity index (χ3n) is 4.69. The largest absolute Gasteiger partial charge is 0.489 e. The molecule has 0 radical (unpaired) electrons. The summed E-state index contributed by atoms with van der Waals surface area (Å²) < 4.78 is 12.1. The third-order valence-corrected chi connectivity index (χ3v) is 6.07. The fourth-order valence-electron chi connectivity index (χ4n) is 3.24. The summed E-state index contributed by atoms with van der Waals surface area (Å²) in [6.45, 7) is 1.82. The Hall–Kier alpha value is -2.15. The number of carbonyl (C=O) groups excluding carboxylic acids is 1. The van der Waals surface area contributed by atoms with Gasteiger partial charge in [-0.3, -0.25) is 9.69 Å². The lowest BCUT2D eigenvalue weighted by Gasteiger charge is -2.18. The van der Waals surface area contributed by atoms with E-state index in [1.54, 1.807) is 4.90 Å². The lowest BCUT2D eigenvalue weighted by molar-refractivity contribution is -0.123. The first-order valence-corrected chi connectivity index (χ1v) is 10.6. The Balaban J connectivity index is 1.43. The predicted molar refractivity (Wildman–Crippen MR) is 116 cm³/mol. The average Bonchev–Trinajstić information content (AvgIpc) is 3.32. The number of ether oxygens (including phenoxy) is 2. The summed E-state index contributed by atoms with van der Waals surface area (Å²) in [5, 5.41) is 0. The summed E-state index contributed by atoms with van der Waals surface area (Å²) in [6, 6.07) is 17.8. The van der Waals surface area contributed by atoms with Crippen LogP contribution < -0.4 is 4.74 Å². The lowest BCUT2D eigenvalue weighted by Crippen LogP contribution is -2.35. The van der Waals surface area contributed by atoms with E-state index in [0.29, 0.717) is 22.4 Å². The quantitative estimate of drug-likeness (QED) is 0.511. The minimum absolute atomic E-state index is 0.0406. The molecule has 4 rings (SSSR count). The smallest absolute Gasteiger partial charge is 0.266 e. The van der Waals surface area contributed by atoms with Gasteiger partial charge in [-0.25, -0.2) is 0 Å². The van der Waals surface area contributed by atoms with Crippen molar-refractivity contribution in [3.05, 3.63) is 70.6 Å². The number of thiocarbonyl (C=S) groups is 1. The first kappa shape index (κ1) is 19.2. The molecule has 4 nitrogen and oxygen atoms in total. The van der Waals surface area contributed by atoms with Crippen LogP contribution >= 0.6 is 24.0 Å². The monoisotopic (exact) mass is 411 g/mol. The molecule has 2 aliphatic rings. The fraction of sp³-hybridized carbons (Fsp3) is 0.273. The van der Waals surface area contributed by atoms with Crippen molar-refractivity contribution >= 4 is 40.3 Å². The van der Waals surface area contributed by atoms with Crippen molar-refractivity contribution in [2.24, 2.45) is 0 Å². The first-order valence-electron chi connectivity index (χ1n) is 9.33. The van der Waals surface area contributed by atoms with E-state index in [1.165, 1.54) is 11.8 Å². The summed E-state index contributed by atoms with van der Waals surface area (Å²) >= 11 is 6.76. The topological polar surface area (TPSA) is 38.8 Å². The van der Waals surface area contributed by atoms with Crippen LogP contribution in [-0.2, 0) is 16.1 Å². The Morgan fingerprint density at radius 3 is 2.86 bits per heavy atom. The van der Waals surface area contributed by atoms with Crippen molar-refractivity contribution in [3.63, 3.8) is 0 Å². The molecule has 0 bridgehead atoms. The van der Waals surface area contributed by atoms with E-state index in [1.807, 2.05) is 60.7 Å². The van der Waals surface area contributed by atoms with E-state index in [-0.39, 0.29) is 12.0 Å². The molecular weight excluding hydrogens is 390 g/mol. The van der Waals surface area contributed by atoms with Crippen molar-refractivity contribution in [2.45, 2.75) is 25.6 Å². The van der Waals surface area contributed by atoms with Crippen molar-refractivity contribution in [2.75, 3.05) is 13.2 Å². The van der Waals surface area contributed by atoms with Crippen molar-refractivity contribution in [1.29, 1.82) is 0 Å². The van der Waals surface area contributed by atoms with Crippen LogP contribution in [0.1, 0.15) is 24.0 Å². The van der Waals surface area contributed by atoms with Gasteiger partial charge in [0.2, 0.25) is 0 Å². The van der Waals surface area contributed by atoms with Crippen LogP contribution in [0.5, 0.6) is 5.75 Å². The van der Waals surface area contributed by atoms with E-state index < -0.39 is 0 Å². The van der Waals surface area contributed by atoms with Gasteiger partial charge in [-0.1, -0.05) is 66.4 Å². The molecule has 2 fully saturated rings. The number of thioether (sulfide) groups is 1. The Morgan fingerprint density at radius 1 is 1.21 bits per heavy atom. The van der Waals surface area contributed by atoms with Crippen LogP contribution in [0.2, 0.25) is 0 Å². The molecule has 28 heavy (non-hydrogen) atoms. The Morgan fingerprint density at radius 2 is 2.07 bits per heavy atom. The van der Waals surface area contributed by atoms with Crippen molar-refractivity contribution in [1.82, 2.24) is 4.90 Å². The van der Waals surface area contributed by atoms with E-state index >= 15 is 0 Å². The van der Waals surface area contributed by atoms with Gasteiger partial charge in [0, 0.05) is 6.61 Å². The Labute approximate surface area is 174 Å². The fourth-order valence-corrected chi connectivity index (χ4v) is 4.51. The molecule has 0 N–H and O–H groups in total. The maximum Gasteiger partial charge on any atom is 0.266 e. The minimum Gasteiger partial charge on any atom is -0.489 e. The maximum absolute atomic E-state index is 12.8. The zero-order valence-corrected chi connectivity index (χ0v) is 17.0. The van der Waals surface area contributed by atoms with Crippen LogP contribution in [0.25, 0.3) is 6.08 Å². The number of carbonyl (C=O) groups is 1. The highest BCUT2D eigenvalue weighted by molar-refractivity contribution is 8.26. The second-order valence-corrected chi connectivity index (χ2v) is 8.45. The van der Waals surface area contributed by atoms with Gasteiger partial charge < -0.3 is 9.47 Å². The van der Waals surface area contributed by atoms with Gasteiger partial charge in [-0.2, -0.15) is 0 Å². The normalized spacial score (nSPS) is 20.9. The summed E-state index contributed by atoms with van der Waals surface area (Å²) in [7, 11) is 0.